The van der Waals surface area contributed by atoms with Crippen LogP contribution in [-0.2, 0) is 29.2 Å². The summed E-state index contributed by atoms with van der Waals surface area (Å²) < 4.78 is 37.8. The molecule has 1 amide bonds. The third kappa shape index (κ3) is 24.4. The van der Waals surface area contributed by atoms with Gasteiger partial charge in [0.05, 0.1) is 0 Å². The molecule has 0 aliphatic heterocycles. The van der Waals surface area contributed by atoms with Gasteiger partial charge in [0.1, 0.15) is 10.1 Å². The molecule has 12 heteroatoms. The van der Waals surface area contributed by atoms with E-state index in [9.17, 15) is 32.5 Å². The second-order valence-corrected chi connectivity index (χ2v) is 10.1. The molecule has 0 radical (unpaired) electrons. The first kappa shape index (κ1) is 40.6. The fourth-order valence-electron chi connectivity index (χ4n) is 3.39. The van der Waals surface area contributed by atoms with E-state index in [1.54, 1.807) is 0 Å². The molecule has 2 unspecified atom stereocenters. The van der Waals surface area contributed by atoms with Crippen molar-refractivity contribution in [3.05, 3.63) is 12.2 Å². The molecule has 0 bridgehead atoms. The van der Waals surface area contributed by atoms with Crippen molar-refractivity contribution < 1.29 is 96.3 Å². The van der Waals surface area contributed by atoms with Gasteiger partial charge in [0.2, 0.25) is 5.91 Å². The van der Waals surface area contributed by atoms with Gasteiger partial charge >= 0.3 is 65.1 Å². The quantitative estimate of drug-likeness (QED) is 0.0400. The monoisotopic (exact) mass is 549 g/mol. The second-order valence-electron chi connectivity index (χ2n) is 8.54. The predicted octanol–water partition coefficient (Wildman–Crippen LogP) is -2.91. The largest absolute Gasteiger partial charge is 1.00 e. The van der Waals surface area contributed by atoms with Gasteiger partial charge in [0.25, 0.3) is 0 Å². The molecule has 198 valence electrons. The Kier molecular flexibility index (Phi) is 28.6. The molecule has 0 rings (SSSR count). The molecule has 1 N–H and O–H groups in total. The van der Waals surface area contributed by atoms with Crippen LogP contribution in [0.5, 0.6) is 0 Å². The maximum Gasteiger partial charge on any atom is 1.00 e. The van der Waals surface area contributed by atoms with Gasteiger partial charge in [-0.3, -0.25) is 9.59 Å². The van der Waals surface area contributed by atoms with Gasteiger partial charge in [-0.15, -0.1) is 0 Å². The molecular formula is C24H41NNa2O8S. The third-order valence-corrected chi connectivity index (χ3v) is 6.34. The van der Waals surface area contributed by atoms with Crippen LogP contribution >= 0.6 is 0 Å². The molecule has 0 aromatic carbocycles. The van der Waals surface area contributed by atoms with Gasteiger partial charge < -0.3 is 24.5 Å². The molecule has 0 aromatic rings. The van der Waals surface area contributed by atoms with E-state index in [4.69, 9.17) is 4.74 Å². The summed E-state index contributed by atoms with van der Waals surface area (Å²) >= 11 is 0. The van der Waals surface area contributed by atoms with Crippen LogP contribution in [0.2, 0.25) is 0 Å². The molecule has 9 nitrogen and oxygen atoms in total. The van der Waals surface area contributed by atoms with Crippen LogP contribution in [0.4, 0.5) is 0 Å². The van der Waals surface area contributed by atoms with Crippen molar-refractivity contribution in [1.82, 2.24) is 5.32 Å². The number of carbonyl (C=O) groups is 3. The number of rotatable bonds is 21. The van der Waals surface area contributed by atoms with Crippen molar-refractivity contribution in [1.29, 1.82) is 0 Å². The van der Waals surface area contributed by atoms with Gasteiger partial charge in [-0.25, -0.2) is 8.42 Å². The van der Waals surface area contributed by atoms with E-state index in [-0.39, 0.29) is 71.4 Å². The predicted molar refractivity (Wildman–Crippen MR) is 126 cm³/mol. The van der Waals surface area contributed by atoms with Gasteiger partial charge in [0, 0.05) is 18.8 Å². The summed E-state index contributed by atoms with van der Waals surface area (Å²) in [6, 6.07) is 0. The number of hydrogen-bond acceptors (Lipinski definition) is 8. The van der Waals surface area contributed by atoms with Crippen molar-refractivity contribution in [2.45, 2.75) is 122 Å². The van der Waals surface area contributed by atoms with Crippen molar-refractivity contribution in [3.63, 3.8) is 0 Å². The minimum absolute atomic E-state index is 0. The molecule has 0 saturated carbocycles. The van der Waals surface area contributed by atoms with Crippen LogP contribution in [0.1, 0.15) is 110 Å². The number of amides is 1. The Morgan fingerprint density at radius 1 is 0.861 bits per heavy atom. The van der Waals surface area contributed by atoms with Gasteiger partial charge in [-0.1, -0.05) is 70.4 Å². The number of ether oxygens (including phenoxy) is 1. The first-order valence-corrected chi connectivity index (χ1v) is 13.8. The number of allylic oxidation sites excluding steroid dienone is 2. The minimum Gasteiger partial charge on any atom is -0.747 e. The van der Waals surface area contributed by atoms with Crippen molar-refractivity contribution in [2.75, 3.05) is 0 Å². The minimum atomic E-state index is -5.23. The standard InChI is InChI=1S/C24H43NO8S.2Na/c1-3-4-5-6-7-8-9-10-11-12-13-14-15-16-17-18-22(26)25-20(2)33-24(29)21(19-23(27)28)34(30,31)32;;/h10-11,20-21H,3-9,12-19H2,1-2H3,(H,25,26)(H,27,28)(H,30,31,32);;/q;2*+1/p-2/b11-10-;;. The fourth-order valence-corrected chi connectivity index (χ4v) is 4.02. The van der Waals surface area contributed by atoms with Crippen molar-refractivity contribution in [2.24, 2.45) is 0 Å². The molecule has 0 aromatic heterocycles. The Morgan fingerprint density at radius 2 is 1.33 bits per heavy atom. The molecular weight excluding hydrogens is 508 g/mol. The maximum absolute atomic E-state index is 11.9. The molecule has 0 fully saturated rings. The Morgan fingerprint density at radius 3 is 1.81 bits per heavy atom. The average molecular weight is 550 g/mol. The second kappa shape index (κ2) is 25.3. The SMILES string of the molecule is CCCCCCCC/C=C\CCCCCCCC(=O)NC(C)OC(=O)C(CC(=O)[O-])S(=O)(=O)[O-].[Na+].[Na+]. The third-order valence-electron chi connectivity index (χ3n) is 5.29. The number of hydrogen-bond donors (Lipinski definition) is 1. The zero-order valence-electron chi connectivity index (χ0n) is 22.6. The molecule has 2 atom stereocenters. The number of carbonyl (C=O) groups excluding carboxylic acids is 3. The van der Waals surface area contributed by atoms with E-state index in [0.29, 0.717) is 6.42 Å². The smallest absolute Gasteiger partial charge is 0.747 e. The molecule has 0 aliphatic rings. The van der Waals surface area contributed by atoms with Crippen LogP contribution in [-0.4, -0.2) is 42.3 Å². The van der Waals surface area contributed by atoms with E-state index in [1.807, 2.05) is 0 Å². The number of nitrogens with one attached hydrogen (secondary N) is 1. The summed E-state index contributed by atoms with van der Waals surface area (Å²) in [5, 5.41) is 10.5. The van der Waals surface area contributed by atoms with E-state index in [2.05, 4.69) is 24.4 Å². The van der Waals surface area contributed by atoms with Gasteiger partial charge in [-0.05, 0) is 39.0 Å². The van der Waals surface area contributed by atoms with Crippen LogP contribution < -0.4 is 69.5 Å². The van der Waals surface area contributed by atoms with Crippen LogP contribution in [0.15, 0.2) is 12.2 Å². The summed E-state index contributed by atoms with van der Waals surface area (Å²) in [5.74, 6) is -3.80. The van der Waals surface area contributed by atoms with E-state index < -0.39 is 40.0 Å². The van der Waals surface area contributed by atoms with Crippen LogP contribution in [0, 0.1) is 0 Å². The molecule has 0 spiro atoms. The first-order valence-electron chi connectivity index (χ1n) is 12.4. The Bertz CT molecular complexity index is 732. The molecule has 0 heterocycles. The fraction of sp³-hybridized carbons (Fsp3) is 0.792. The Balaban J connectivity index is -0.00000544. The average Bonchev–Trinajstić information content (AvgIpc) is 2.73. The number of esters is 1. The van der Waals surface area contributed by atoms with Crippen molar-refractivity contribution >= 4 is 28.0 Å². The molecule has 0 aliphatic carbocycles. The first-order chi connectivity index (χ1) is 16.1. The summed E-state index contributed by atoms with van der Waals surface area (Å²) in [6.45, 7) is 3.50. The van der Waals surface area contributed by atoms with Gasteiger partial charge in [-0.2, -0.15) is 0 Å². The van der Waals surface area contributed by atoms with Crippen molar-refractivity contribution in [3.8, 4) is 0 Å². The number of carboxylic acid groups (broad SMARTS) is 1. The Labute approximate surface area is 261 Å². The van der Waals surface area contributed by atoms with Crippen LogP contribution in [0.3, 0.4) is 0 Å². The number of aliphatic carboxylic acids is 1. The zero-order valence-corrected chi connectivity index (χ0v) is 27.4. The molecule has 0 saturated heterocycles. The normalized spacial score (nSPS) is 12.8. The summed E-state index contributed by atoms with van der Waals surface area (Å²) in [7, 11) is -5.23. The van der Waals surface area contributed by atoms with Gasteiger partial charge in [0.15, 0.2) is 11.5 Å². The summed E-state index contributed by atoms with van der Waals surface area (Å²) in [6.07, 6.45) is 17.0. The molecule has 36 heavy (non-hydrogen) atoms. The zero-order chi connectivity index (χ0) is 25.8. The summed E-state index contributed by atoms with van der Waals surface area (Å²) in [5.41, 5.74) is 0. The number of carboxylic acids is 1. The maximum atomic E-state index is 11.9. The topological polar surface area (TPSA) is 153 Å². The van der Waals surface area contributed by atoms with E-state index in [1.165, 1.54) is 45.4 Å². The van der Waals surface area contributed by atoms with Crippen LogP contribution in [0.25, 0.3) is 0 Å². The number of unbranched alkanes of at least 4 members (excludes halogenated alkanes) is 11. The van der Waals surface area contributed by atoms with E-state index >= 15 is 0 Å². The summed E-state index contributed by atoms with van der Waals surface area (Å²) in [4.78, 5) is 34.2. The Hall–Kier alpha value is 0.0600. The van der Waals surface area contributed by atoms with E-state index in [0.717, 1.165) is 38.5 Å².